The first kappa shape index (κ1) is 14.3. The van der Waals surface area contributed by atoms with Gasteiger partial charge in [-0.15, -0.1) is 0 Å². The summed E-state index contributed by atoms with van der Waals surface area (Å²) < 4.78 is 0. The average molecular weight is 278 g/mol. The Hall–Kier alpha value is -2.15. The fourth-order valence-corrected chi connectivity index (χ4v) is 1.99. The number of hydrogen-bond donors (Lipinski definition) is 2. The van der Waals surface area contributed by atoms with Crippen molar-refractivity contribution < 1.29 is 9.72 Å². The largest absolute Gasteiger partial charge is 0.378 e. The van der Waals surface area contributed by atoms with Crippen LogP contribution in [0, 0.1) is 10.1 Å². The van der Waals surface area contributed by atoms with Crippen LogP contribution >= 0.6 is 0 Å². The Kier molecular flexibility index (Phi) is 3.89. The third kappa shape index (κ3) is 2.88. The lowest BCUT2D eigenvalue weighted by atomic mass is 10.1. The second kappa shape index (κ2) is 5.46. The zero-order chi connectivity index (χ0) is 14.9. The highest BCUT2D eigenvalue weighted by molar-refractivity contribution is 6.00. The summed E-state index contributed by atoms with van der Waals surface area (Å²) in [6, 6.07) is 3.34. The number of nitro groups is 1. The lowest BCUT2D eigenvalue weighted by molar-refractivity contribution is -0.384. The highest BCUT2D eigenvalue weighted by Gasteiger charge is 2.24. The lowest BCUT2D eigenvalue weighted by Gasteiger charge is -2.20. The molecular weight excluding hydrogens is 260 g/mol. The minimum absolute atomic E-state index is 0.00575. The van der Waals surface area contributed by atoms with E-state index in [9.17, 15) is 14.9 Å². The van der Waals surface area contributed by atoms with Crippen molar-refractivity contribution in [2.45, 2.75) is 19.4 Å². The third-order valence-electron chi connectivity index (χ3n) is 3.51. The molecule has 1 amide bonds. The van der Waals surface area contributed by atoms with Crippen LogP contribution in [0.15, 0.2) is 12.1 Å². The van der Waals surface area contributed by atoms with Crippen molar-refractivity contribution in [2.75, 3.05) is 31.3 Å². The van der Waals surface area contributed by atoms with Crippen LogP contribution in [0.1, 0.15) is 12.5 Å². The molecule has 1 unspecified atom stereocenters. The summed E-state index contributed by atoms with van der Waals surface area (Å²) in [6.45, 7) is 2.61. The number of fused-ring (bicyclic) bond motifs is 1. The van der Waals surface area contributed by atoms with Crippen LogP contribution in [0.4, 0.5) is 17.1 Å². The van der Waals surface area contributed by atoms with Crippen molar-refractivity contribution >= 4 is 23.0 Å². The van der Waals surface area contributed by atoms with Crippen LogP contribution in [-0.2, 0) is 11.2 Å². The molecule has 1 heterocycles. The van der Waals surface area contributed by atoms with E-state index in [1.165, 1.54) is 6.07 Å². The average Bonchev–Trinajstić information content (AvgIpc) is 2.73. The van der Waals surface area contributed by atoms with E-state index < -0.39 is 4.92 Å². The van der Waals surface area contributed by atoms with Crippen molar-refractivity contribution in [2.24, 2.45) is 0 Å². The Morgan fingerprint density at radius 3 is 2.80 bits per heavy atom. The van der Waals surface area contributed by atoms with Gasteiger partial charge in [-0.25, -0.2) is 0 Å². The van der Waals surface area contributed by atoms with Crippen molar-refractivity contribution in [3.05, 3.63) is 27.8 Å². The number of carbonyl (C=O) groups excluding carboxylic acids is 1. The van der Waals surface area contributed by atoms with E-state index in [0.717, 1.165) is 0 Å². The molecule has 0 aromatic heterocycles. The fraction of sp³-hybridized carbons (Fsp3) is 0.462. The SMILES string of the molecule is CC(CNc1cc2c(cc1[N+](=O)[O-])CC(=O)N2)N(C)C. The number of nitro benzene ring substituents is 1. The van der Waals surface area contributed by atoms with Gasteiger partial charge in [0.25, 0.3) is 5.69 Å². The predicted molar refractivity (Wildman–Crippen MR) is 77.1 cm³/mol. The Bertz CT molecular complexity index is 557. The van der Waals surface area contributed by atoms with E-state index in [1.54, 1.807) is 6.07 Å². The molecule has 0 bridgehead atoms. The first-order valence-electron chi connectivity index (χ1n) is 6.40. The minimum Gasteiger partial charge on any atom is -0.378 e. The molecule has 108 valence electrons. The highest BCUT2D eigenvalue weighted by Crippen LogP contribution is 2.34. The summed E-state index contributed by atoms with van der Waals surface area (Å²) in [7, 11) is 3.90. The quantitative estimate of drug-likeness (QED) is 0.628. The van der Waals surface area contributed by atoms with Gasteiger partial charge in [0.05, 0.1) is 11.3 Å². The topological polar surface area (TPSA) is 87.5 Å². The van der Waals surface area contributed by atoms with Gasteiger partial charge in [-0.3, -0.25) is 14.9 Å². The highest BCUT2D eigenvalue weighted by atomic mass is 16.6. The Labute approximate surface area is 117 Å². The normalized spacial score (nSPS) is 14.9. The molecule has 7 nitrogen and oxygen atoms in total. The molecule has 0 spiro atoms. The Balaban J connectivity index is 2.25. The number of anilines is 2. The molecule has 7 heteroatoms. The van der Waals surface area contributed by atoms with Gasteiger partial charge < -0.3 is 15.5 Å². The standard InChI is InChI=1S/C13H18N4O3/c1-8(16(2)3)7-14-11-6-10-9(5-13(18)15-10)4-12(11)17(19)20/h4,6,8,14H,5,7H2,1-3H3,(H,15,18). The molecule has 1 aliphatic rings. The van der Waals surface area contributed by atoms with E-state index in [1.807, 2.05) is 25.9 Å². The molecule has 0 saturated heterocycles. The monoisotopic (exact) mass is 278 g/mol. The summed E-state index contributed by atoms with van der Waals surface area (Å²) in [5, 5.41) is 16.9. The van der Waals surface area contributed by atoms with Gasteiger partial charge in [0, 0.05) is 24.3 Å². The molecule has 20 heavy (non-hydrogen) atoms. The molecule has 0 radical (unpaired) electrons. The summed E-state index contributed by atoms with van der Waals surface area (Å²) in [4.78, 5) is 24.1. The maximum Gasteiger partial charge on any atom is 0.292 e. The maximum absolute atomic E-state index is 11.3. The summed E-state index contributed by atoms with van der Waals surface area (Å²) in [5.74, 6) is -0.131. The van der Waals surface area contributed by atoms with Gasteiger partial charge in [-0.2, -0.15) is 0 Å². The van der Waals surface area contributed by atoms with Gasteiger partial charge in [-0.05, 0) is 32.6 Å². The second-order valence-electron chi connectivity index (χ2n) is 5.20. The van der Waals surface area contributed by atoms with E-state index in [4.69, 9.17) is 0 Å². The van der Waals surface area contributed by atoms with Gasteiger partial charge in [0.2, 0.25) is 5.91 Å². The zero-order valence-electron chi connectivity index (χ0n) is 11.8. The van der Waals surface area contributed by atoms with Crippen LogP contribution in [0.25, 0.3) is 0 Å². The number of benzene rings is 1. The van der Waals surface area contributed by atoms with Gasteiger partial charge in [0.1, 0.15) is 5.69 Å². The van der Waals surface area contributed by atoms with Gasteiger partial charge in [-0.1, -0.05) is 0 Å². The molecule has 0 saturated carbocycles. The van der Waals surface area contributed by atoms with Crippen LogP contribution in [0.2, 0.25) is 0 Å². The molecule has 2 rings (SSSR count). The molecule has 1 atom stereocenters. The van der Waals surface area contributed by atoms with Crippen molar-refractivity contribution in [1.82, 2.24) is 4.90 Å². The number of nitrogens with zero attached hydrogens (tertiary/aromatic N) is 2. The number of nitrogens with one attached hydrogen (secondary N) is 2. The number of carbonyl (C=O) groups is 1. The van der Waals surface area contributed by atoms with E-state index >= 15 is 0 Å². The van der Waals surface area contributed by atoms with Gasteiger partial charge >= 0.3 is 0 Å². The van der Waals surface area contributed by atoms with E-state index in [-0.39, 0.29) is 24.1 Å². The fourth-order valence-electron chi connectivity index (χ4n) is 1.99. The van der Waals surface area contributed by atoms with Crippen LogP contribution in [0.3, 0.4) is 0 Å². The number of hydrogen-bond acceptors (Lipinski definition) is 5. The molecule has 1 aromatic carbocycles. The lowest BCUT2D eigenvalue weighted by Crippen LogP contribution is -2.31. The van der Waals surface area contributed by atoms with Crippen LogP contribution in [-0.4, -0.2) is 42.4 Å². The number of likely N-dealkylation sites (N-methyl/N-ethyl adjacent to an activating group) is 1. The van der Waals surface area contributed by atoms with Gasteiger partial charge in [0.15, 0.2) is 0 Å². The van der Waals surface area contributed by atoms with Crippen LogP contribution in [0.5, 0.6) is 0 Å². The summed E-state index contributed by atoms with van der Waals surface area (Å²) >= 11 is 0. The Morgan fingerprint density at radius 1 is 1.50 bits per heavy atom. The molecular formula is C13H18N4O3. The van der Waals surface area contributed by atoms with E-state index in [0.29, 0.717) is 23.5 Å². The van der Waals surface area contributed by atoms with Crippen molar-refractivity contribution in [1.29, 1.82) is 0 Å². The minimum atomic E-state index is -0.425. The molecule has 1 aromatic rings. The molecule has 0 fully saturated rings. The number of amides is 1. The molecule has 2 N–H and O–H groups in total. The van der Waals surface area contributed by atoms with Crippen LogP contribution < -0.4 is 10.6 Å². The van der Waals surface area contributed by atoms with E-state index in [2.05, 4.69) is 10.6 Å². The second-order valence-corrected chi connectivity index (χ2v) is 5.20. The maximum atomic E-state index is 11.3. The molecule has 0 aliphatic carbocycles. The summed E-state index contributed by atoms with van der Waals surface area (Å²) in [6.07, 6.45) is 0.199. The van der Waals surface area contributed by atoms with Crippen molar-refractivity contribution in [3.63, 3.8) is 0 Å². The third-order valence-corrected chi connectivity index (χ3v) is 3.51. The predicted octanol–water partition coefficient (Wildman–Crippen LogP) is 1.45. The number of rotatable bonds is 5. The smallest absolute Gasteiger partial charge is 0.292 e. The first-order chi connectivity index (χ1) is 9.38. The molecule has 1 aliphatic heterocycles. The zero-order valence-corrected chi connectivity index (χ0v) is 11.8. The Morgan fingerprint density at radius 2 is 2.20 bits per heavy atom. The summed E-state index contributed by atoms with van der Waals surface area (Å²) in [5.41, 5.74) is 1.77. The van der Waals surface area contributed by atoms with Crippen molar-refractivity contribution in [3.8, 4) is 0 Å². The first-order valence-corrected chi connectivity index (χ1v) is 6.40.